The van der Waals surface area contributed by atoms with Gasteiger partial charge in [-0.1, -0.05) is 13.0 Å². The minimum atomic E-state index is -1.33. The van der Waals surface area contributed by atoms with E-state index in [0.29, 0.717) is 0 Å². The van der Waals surface area contributed by atoms with Gasteiger partial charge in [-0.15, -0.1) is 11.3 Å². The minimum absolute atomic E-state index is 0.263. The monoisotopic (exact) mass is 232 g/mol. The zero-order chi connectivity index (χ0) is 11.4. The van der Waals surface area contributed by atoms with Crippen LogP contribution in [0.1, 0.15) is 17.7 Å². The highest BCUT2D eigenvalue weighted by Crippen LogP contribution is 2.26. The van der Waals surface area contributed by atoms with E-state index in [2.05, 4.69) is 0 Å². The number of rotatable bonds is 5. The fourth-order valence-corrected chi connectivity index (χ4v) is 2.18. The van der Waals surface area contributed by atoms with Gasteiger partial charge in [0.25, 0.3) is 0 Å². The first kappa shape index (κ1) is 12.6. The lowest BCUT2D eigenvalue weighted by molar-refractivity contribution is -0.0823. The van der Waals surface area contributed by atoms with Crippen LogP contribution in [0, 0.1) is 0 Å². The average Bonchev–Trinajstić information content (AvgIpc) is 2.78. The number of aliphatic hydroxyl groups excluding tert-OH is 4. The predicted octanol–water partition coefficient (Wildman–Crippen LogP) is -0.0734. The third-order valence-electron chi connectivity index (χ3n) is 2.44. The number of aliphatic hydroxyl groups is 4. The maximum atomic E-state index is 9.75. The highest BCUT2D eigenvalue weighted by atomic mass is 32.1. The van der Waals surface area contributed by atoms with Gasteiger partial charge in [-0.2, -0.15) is 0 Å². The van der Waals surface area contributed by atoms with Crippen LogP contribution in [0.25, 0.3) is 0 Å². The molecule has 0 aliphatic carbocycles. The first-order valence-electron chi connectivity index (χ1n) is 4.76. The molecule has 0 aromatic carbocycles. The zero-order valence-corrected chi connectivity index (χ0v) is 9.26. The topological polar surface area (TPSA) is 80.9 Å². The molecule has 0 saturated heterocycles. The Labute approximate surface area is 92.4 Å². The van der Waals surface area contributed by atoms with Gasteiger partial charge in [-0.05, 0) is 11.4 Å². The van der Waals surface area contributed by atoms with Crippen molar-refractivity contribution in [2.45, 2.75) is 31.2 Å². The molecule has 4 N–H and O–H groups in total. The molecule has 86 valence electrons. The molecule has 0 aliphatic heterocycles. The molecular weight excluding hydrogens is 216 g/mol. The van der Waals surface area contributed by atoms with Crippen molar-refractivity contribution in [2.24, 2.45) is 0 Å². The largest absolute Gasteiger partial charge is 0.394 e. The average molecular weight is 232 g/mol. The fraction of sp³-hybridized carbons (Fsp3) is 0.600. The third-order valence-corrected chi connectivity index (χ3v) is 3.51. The van der Waals surface area contributed by atoms with E-state index in [1.807, 2.05) is 17.5 Å². The van der Waals surface area contributed by atoms with Gasteiger partial charge in [0.2, 0.25) is 0 Å². The SMILES string of the molecule is C[C@H](c1cccs1)[C@@H](O)[C@H](O)[C@H](O)CO. The van der Waals surface area contributed by atoms with Crippen LogP contribution in [0.15, 0.2) is 17.5 Å². The number of hydrogen-bond acceptors (Lipinski definition) is 5. The Morgan fingerprint density at radius 3 is 2.40 bits per heavy atom. The van der Waals surface area contributed by atoms with Crippen LogP contribution >= 0.6 is 11.3 Å². The van der Waals surface area contributed by atoms with Gasteiger partial charge in [0, 0.05) is 10.8 Å². The maximum Gasteiger partial charge on any atom is 0.109 e. The molecule has 15 heavy (non-hydrogen) atoms. The third kappa shape index (κ3) is 2.99. The molecule has 0 aliphatic rings. The fourth-order valence-electron chi connectivity index (χ4n) is 1.35. The van der Waals surface area contributed by atoms with E-state index in [0.717, 1.165) is 4.88 Å². The molecule has 1 heterocycles. The molecule has 5 heteroatoms. The van der Waals surface area contributed by atoms with Crippen molar-refractivity contribution in [3.05, 3.63) is 22.4 Å². The second-order valence-electron chi connectivity index (χ2n) is 3.54. The van der Waals surface area contributed by atoms with Gasteiger partial charge >= 0.3 is 0 Å². The Bertz CT molecular complexity index is 275. The van der Waals surface area contributed by atoms with Gasteiger partial charge in [-0.25, -0.2) is 0 Å². The standard InChI is InChI=1S/C10H16O4S/c1-6(8-3-2-4-15-8)9(13)10(14)7(12)5-11/h2-4,6-7,9-14H,5H2,1H3/t6-,7-,9-,10-/m1/s1. The molecule has 0 fully saturated rings. The molecule has 0 unspecified atom stereocenters. The second-order valence-corrected chi connectivity index (χ2v) is 4.51. The number of hydrogen-bond donors (Lipinski definition) is 4. The van der Waals surface area contributed by atoms with Crippen LogP contribution in [0.3, 0.4) is 0 Å². The van der Waals surface area contributed by atoms with Crippen LogP contribution < -0.4 is 0 Å². The van der Waals surface area contributed by atoms with Crippen LogP contribution in [0.4, 0.5) is 0 Å². The van der Waals surface area contributed by atoms with E-state index in [1.165, 1.54) is 11.3 Å². The van der Waals surface area contributed by atoms with Crippen LogP contribution in [0.2, 0.25) is 0 Å². The lowest BCUT2D eigenvalue weighted by Crippen LogP contribution is -2.41. The molecule has 1 rings (SSSR count). The van der Waals surface area contributed by atoms with Gasteiger partial charge in [0.05, 0.1) is 12.7 Å². The van der Waals surface area contributed by atoms with Crippen LogP contribution in [-0.4, -0.2) is 45.3 Å². The summed E-state index contributed by atoms with van der Waals surface area (Å²) in [5, 5.41) is 39.0. The Morgan fingerprint density at radius 1 is 1.27 bits per heavy atom. The lowest BCUT2D eigenvalue weighted by Gasteiger charge is -2.25. The van der Waals surface area contributed by atoms with Crippen molar-refractivity contribution < 1.29 is 20.4 Å². The quantitative estimate of drug-likeness (QED) is 0.573. The summed E-state index contributed by atoms with van der Waals surface area (Å²) in [6, 6.07) is 3.72. The molecule has 1 aromatic rings. The van der Waals surface area contributed by atoms with Crippen molar-refractivity contribution in [3.63, 3.8) is 0 Å². The summed E-state index contributed by atoms with van der Waals surface area (Å²) in [6.45, 7) is 1.21. The first-order chi connectivity index (χ1) is 7.07. The highest BCUT2D eigenvalue weighted by molar-refractivity contribution is 7.10. The minimum Gasteiger partial charge on any atom is -0.394 e. The Kier molecular flexibility index (Phi) is 4.69. The highest BCUT2D eigenvalue weighted by Gasteiger charge is 2.29. The normalized spacial score (nSPS) is 19.5. The van der Waals surface area contributed by atoms with Gasteiger partial charge in [0.15, 0.2) is 0 Å². The molecule has 0 bridgehead atoms. The van der Waals surface area contributed by atoms with Gasteiger partial charge in [-0.3, -0.25) is 0 Å². The van der Waals surface area contributed by atoms with Crippen LogP contribution in [-0.2, 0) is 0 Å². The Morgan fingerprint density at radius 2 is 1.93 bits per heavy atom. The smallest absolute Gasteiger partial charge is 0.109 e. The predicted molar refractivity (Wildman–Crippen MR) is 57.8 cm³/mol. The van der Waals surface area contributed by atoms with Gasteiger partial charge < -0.3 is 20.4 Å². The molecule has 4 nitrogen and oxygen atoms in total. The van der Waals surface area contributed by atoms with Crippen molar-refractivity contribution in [1.82, 2.24) is 0 Å². The summed E-state index contributed by atoms with van der Waals surface area (Å²) in [4.78, 5) is 0.937. The van der Waals surface area contributed by atoms with E-state index in [-0.39, 0.29) is 5.92 Å². The Balaban J connectivity index is 2.64. The van der Waals surface area contributed by atoms with E-state index < -0.39 is 24.9 Å². The molecule has 0 amide bonds. The van der Waals surface area contributed by atoms with Crippen molar-refractivity contribution in [1.29, 1.82) is 0 Å². The molecular formula is C10H16O4S. The molecule has 0 spiro atoms. The van der Waals surface area contributed by atoms with Crippen molar-refractivity contribution >= 4 is 11.3 Å². The molecule has 1 aromatic heterocycles. The van der Waals surface area contributed by atoms with Crippen molar-refractivity contribution in [3.8, 4) is 0 Å². The van der Waals surface area contributed by atoms with Crippen molar-refractivity contribution in [2.75, 3.05) is 6.61 Å². The first-order valence-corrected chi connectivity index (χ1v) is 5.64. The summed E-state index contributed by atoms with van der Waals surface area (Å²) in [5.74, 6) is -0.263. The van der Waals surface area contributed by atoms with Crippen LogP contribution in [0.5, 0.6) is 0 Å². The lowest BCUT2D eigenvalue weighted by atomic mass is 9.95. The maximum absolute atomic E-state index is 9.75. The Hall–Kier alpha value is -0.460. The molecule has 0 radical (unpaired) electrons. The summed E-state index contributed by atoms with van der Waals surface area (Å²) >= 11 is 1.48. The summed E-state index contributed by atoms with van der Waals surface area (Å²) in [5.41, 5.74) is 0. The van der Waals surface area contributed by atoms with E-state index >= 15 is 0 Å². The summed E-state index contributed by atoms with van der Waals surface area (Å²) in [7, 11) is 0. The summed E-state index contributed by atoms with van der Waals surface area (Å²) in [6.07, 6.45) is -3.71. The second kappa shape index (κ2) is 5.58. The number of thiophene rings is 1. The van der Waals surface area contributed by atoms with E-state index in [9.17, 15) is 15.3 Å². The van der Waals surface area contributed by atoms with E-state index in [1.54, 1.807) is 6.92 Å². The van der Waals surface area contributed by atoms with E-state index in [4.69, 9.17) is 5.11 Å². The van der Waals surface area contributed by atoms with Gasteiger partial charge in [0.1, 0.15) is 12.2 Å². The molecule has 4 atom stereocenters. The molecule has 0 saturated carbocycles. The zero-order valence-electron chi connectivity index (χ0n) is 8.45. The summed E-state index contributed by atoms with van der Waals surface area (Å²) < 4.78 is 0.